The number of piperidine rings is 1. The van der Waals surface area contributed by atoms with Crippen molar-refractivity contribution in [2.24, 2.45) is 11.7 Å². The van der Waals surface area contributed by atoms with Crippen molar-refractivity contribution in [2.45, 2.75) is 25.3 Å². The molecular formula is C19H19FN6O3S. The average Bonchev–Trinajstić information content (AvgIpc) is 3.42. The number of carbonyl (C=O) groups excluding carboxylic acids is 2. The van der Waals surface area contributed by atoms with Gasteiger partial charge in [0.2, 0.25) is 11.9 Å². The first kappa shape index (κ1) is 20.2. The van der Waals surface area contributed by atoms with E-state index in [1.807, 2.05) is 5.38 Å². The molecule has 2 aromatic heterocycles. The summed E-state index contributed by atoms with van der Waals surface area (Å²) < 4.78 is 13.6. The lowest BCUT2D eigenvalue weighted by molar-refractivity contribution is -0.182. The molecule has 9 nitrogen and oxygen atoms in total. The Labute approximate surface area is 175 Å². The van der Waals surface area contributed by atoms with E-state index in [-0.39, 0.29) is 23.8 Å². The summed E-state index contributed by atoms with van der Waals surface area (Å²) in [4.78, 5) is 40.3. The highest BCUT2D eigenvalue weighted by Gasteiger charge is 2.37. The molecule has 4 rings (SSSR count). The van der Waals surface area contributed by atoms with Crippen molar-refractivity contribution in [1.82, 2.24) is 15.0 Å². The van der Waals surface area contributed by atoms with Crippen molar-refractivity contribution in [3.63, 3.8) is 0 Å². The molecule has 2 aliphatic heterocycles. The van der Waals surface area contributed by atoms with Gasteiger partial charge in [0, 0.05) is 25.4 Å². The summed E-state index contributed by atoms with van der Waals surface area (Å²) in [7, 11) is 0. The topological polar surface area (TPSA) is 125 Å². The number of rotatable bonds is 4. The van der Waals surface area contributed by atoms with Gasteiger partial charge in [0.1, 0.15) is 10.9 Å². The van der Waals surface area contributed by atoms with E-state index in [1.165, 1.54) is 16.4 Å². The first-order chi connectivity index (χ1) is 14.5. The highest BCUT2D eigenvalue weighted by Crippen LogP contribution is 2.35. The summed E-state index contributed by atoms with van der Waals surface area (Å²) in [6, 6.07) is 3.73. The smallest absolute Gasteiger partial charge is 0.270 e. The molecule has 2 amide bonds. The number of anilines is 1. The van der Waals surface area contributed by atoms with Gasteiger partial charge in [-0.05, 0) is 29.9 Å². The molecular weight excluding hydrogens is 411 g/mol. The Hall–Kier alpha value is -3.10. The standard InChI is InChI=1S/C19H19FN6O3S/c20-14-9-23-19(24-16(14)17(22)27)25-4-1-11(2-5-25)18(28)26-15(3-6-29-26)12-7-13(8-21)30-10-12/h7,9-11,15H,1-6H2,(H2,22,27)/t15-/m0/s1. The van der Waals surface area contributed by atoms with Gasteiger partial charge >= 0.3 is 0 Å². The molecule has 0 aliphatic carbocycles. The summed E-state index contributed by atoms with van der Waals surface area (Å²) >= 11 is 1.35. The molecule has 4 heterocycles. The summed E-state index contributed by atoms with van der Waals surface area (Å²) in [6.45, 7) is 1.41. The van der Waals surface area contributed by atoms with Crippen LogP contribution in [0.4, 0.5) is 10.3 Å². The first-order valence-corrected chi connectivity index (χ1v) is 10.4. The van der Waals surface area contributed by atoms with Gasteiger partial charge in [-0.3, -0.25) is 14.4 Å². The zero-order valence-electron chi connectivity index (χ0n) is 16.0. The van der Waals surface area contributed by atoms with Crippen molar-refractivity contribution in [3.05, 3.63) is 39.6 Å². The van der Waals surface area contributed by atoms with E-state index in [0.717, 1.165) is 11.8 Å². The molecule has 0 saturated carbocycles. The third-order valence-electron chi connectivity index (χ3n) is 5.33. The summed E-state index contributed by atoms with van der Waals surface area (Å²) in [5, 5.41) is 12.4. The van der Waals surface area contributed by atoms with Crippen LogP contribution < -0.4 is 10.6 Å². The number of nitriles is 1. The zero-order valence-corrected chi connectivity index (χ0v) is 16.8. The maximum atomic E-state index is 13.6. The van der Waals surface area contributed by atoms with Gasteiger partial charge < -0.3 is 10.6 Å². The van der Waals surface area contributed by atoms with E-state index < -0.39 is 17.4 Å². The fourth-order valence-corrected chi connectivity index (χ4v) is 4.51. The maximum Gasteiger partial charge on any atom is 0.270 e. The second-order valence-electron chi connectivity index (χ2n) is 7.15. The molecule has 2 aliphatic rings. The Bertz CT molecular complexity index is 1010. The van der Waals surface area contributed by atoms with Gasteiger partial charge in [0.05, 0.1) is 18.8 Å². The van der Waals surface area contributed by atoms with Crippen LogP contribution in [0.1, 0.15) is 46.2 Å². The van der Waals surface area contributed by atoms with E-state index in [9.17, 15) is 14.0 Å². The van der Waals surface area contributed by atoms with Crippen molar-refractivity contribution in [1.29, 1.82) is 5.26 Å². The molecule has 30 heavy (non-hydrogen) atoms. The highest BCUT2D eigenvalue weighted by molar-refractivity contribution is 7.10. The van der Waals surface area contributed by atoms with E-state index in [1.54, 1.807) is 11.0 Å². The quantitative estimate of drug-likeness (QED) is 0.783. The number of hydroxylamine groups is 2. The minimum atomic E-state index is -0.952. The largest absolute Gasteiger partial charge is 0.364 e. The Kier molecular flexibility index (Phi) is 5.61. The van der Waals surface area contributed by atoms with E-state index in [2.05, 4.69) is 16.0 Å². The van der Waals surface area contributed by atoms with Crippen LogP contribution in [-0.4, -0.2) is 46.5 Å². The number of primary amides is 1. The van der Waals surface area contributed by atoms with E-state index >= 15 is 0 Å². The molecule has 0 bridgehead atoms. The zero-order chi connectivity index (χ0) is 21.3. The van der Waals surface area contributed by atoms with E-state index in [4.69, 9.17) is 15.8 Å². The van der Waals surface area contributed by atoms with Gasteiger partial charge in [-0.2, -0.15) is 5.26 Å². The molecule has 156 valence electrons. The van der Waals surface area contributed by atoms with Crippen molar-refractivity contribution >= 4 is 29.1 Å². The number of nitrogens with two attached hydrogens (primary N) is 1. The van der Waals surface area contributed by atoms with Gasteiger partial charge in [-0.15, -0.1) is 11.3 Å². The van der Waals surface area contributed by atoms with Gasteiger partial charge in [-0.25, -0.2) is 19.4 Å². The number of carbonyl (C=O) groups is 2. The third kappa shape index (κ3) is 3.83. The number of halogens is 1. The van der Waals surface area contributed by atoms with Crippen LogP contribution in [0.3, 0.4) is 0 Å². The maximum absolute atomic E-state index is 13.6. The van der Waals surface area contributed by atoms with Crippen LogP contribution in [-0.2, 0) is 9.63 Å². The predicted octanol–water partition coefficient (Wildman–Crippen LogP) is 1.77. The summed E-state index contributed by atoms with van der Waals surface area (Å²) in [5.74, 6) is -1.91. The molecule has 0 unspecified atom stereocenters. The summed E-state index contributed by atoms with van der Waals surface area (Å²) in [5.41, 5.74) is 5.62. The second kappa shape index (κ2) is 8.33. The number of hydrogen-bond donors (Lipinski definition) is 1. The van der Waals surface area contributed by atoms with Crippen molar-refractivity contribution in [3.8, 4) is 6.07 Å². The van der Waals surface area contributed by atoms with Crippen LogP contribution in [0.5, 0.6) is 0 Å². The second-order valence-corrected chi connectivity index (χ2v) is 8.06. The van der Waals surface area contributed by atoms with Gasteiger partial charge in [-0.1, -0.05) is 0 Å². The molecule has 0 aromatic carbocycles. The average molecular weight is 430 g/mol. The number of nitrogens with zero attached hydrogens (tertiary/aromatic N) is 5. The normalized spacial score (nSPS) is 19.7. The molecule has 0 radical (unpaired) electrons. The number of amides is 2. The lowest BCUT2D eigenvalue weighted by Crippen LogP contribution is -2.42. The summed E-state index contributed by atoms with van der Waals surface area (Å²) in [6.07, 6.45) is 2.71. The van der Waals surface area contributed by atoms with Crippen LogP contribution >= 0.6 is 11.3 Å². The Morgan fingerprint density at radius 1 is 1.33 bits per heavy atom. The van der Waals surface area contributed by atoms with Crippen LogP contribution in [0.2, 0.25) is 0 Å². The third-order valence-corrected chi connectivity index (χ3v) is 6.18. The lowest BCUT2D eigenvalue weighted by atomic mass is 9.95. The molecule has 11 heteroatoms. The minimum absolute atomic E-state index is 0.0836. The molecule has 0 spiro atoms. The van der Waals surface area contributed by atoms with E-state index in [0.29, 0.717) is 43.8 Å². The van der Waals surface area contributed by atoms with Crippen LogP contribution in [0, 0.1) is 23.1 Å². The highest BCUT2D eigenvalue weighted by atomic mass is 32.1. The van der Waals surface area contributed by atoms with Crippen LogP contribution in [0.15, 0.2) is 17.6 Å². The Morgan fingerprint density at radius 3 is 2.77 bits per heavy atom. The molecule has 2 aromatic rings. The molecule has 1 atom stereocenters. The molecule has 2 saturated heterocycles. The minimum Gasteiger partial charge on any atom is -0.364 e. The monoisotopic (exact) mass is 430 g/mol. The number of aromatic nitrogens is 2. The van der Waals surface area contributed by atoms with Gasteiger partial charge in [0.15, 0.2) is 11.5 Å². The fraction of sp³-hybridized carbons (Fsp3) is 0.421. The Morgan fingerprint density at radius 2 is 2.10 bits per heavy atom. The first-order valence-electron chi connectivity index (χ1n) is 9.49. The number of thiophene rings is 1. The lowest BCUT2D eigenvalue weighted by Gasteiger charge is -2.34. The van der Waals surface area contributed by atoms with Gasteiger partial charge in [0.25, 0.3) is 5.91 Å². The number of hydrogen-bond acceptors (Lipinski definition) is 8. The van der Waals surface area contributed by atoms with Crippen molar-refractivity contribution < 1.29 is 18.8 Å². The predicted molar refractivity (Wildman–Crippen MR) is 105 cm³/mol. The molecule has 2 fully saturated rings. The van der Waals surface area contributed by atoms with Crippen LogP contribution in [0.25, 0.3) is 0 Å². The SMILES string of the molecule is N#Cc1cc([C@@H]2CCON2C(=O)C2CCN(c3ncc(F)c(C(N)=O)n3)CC2)cs1. The Balaban J connectivity index is 1.41. The fourth-order valence-electron chi connectivity index (χ4n) is 3.76. The van der Waals surface area contributed by atoms with Crippen molar-refractivity contribution in [2.75, 3.05) is 24.6 Å². The molecule has 2 N–H and O–H groups in total.